The maximum atomic E-state index is 13.0. The first-order valence-electron chi connectivity index (χ1n) is 7.17. The SMILES string of the molecule is COc1ccccc1CCNC(=O)CNc1ccc(F)c(Cl)c1. The van der Waals surface area contributed by atoms with Crippen molar-refractivity contribution in [2.45, 2.75) is 6.42 Å². The number of benzene rings is 2. The quantitative estimate of drug-likeness (QED) is 0.816. The summed E-state index contributed by atoms with van der Waals surface area (Å²) >= 11 is 5.68. The van der Waals surface area contributed by atoms with Gasteiger partial charge in [-0.05, 0) is 36.2 Å². The molecule has 0 fully saturated rings. The Balaban J connectivity index is 1.76. The maximum Gasteiger partial charge on any atom is 0.239 e. The molecule has 1 amide bonds. The van der Waals surface area contributed by atoms with E-state index in [1.807, 2.05) is 24.3 Å². The number of hydrogen-bond donors (Lipinski definition) is 2. The van der Waals surface area contributed by atoms with E-state index in [1.54, 1.807) is 7.11 Å². The molecule has 0 radical (unpaired) electrons. The van der Waals surface area contributed by atoms with E-state index in [0.717, 1.165) is 11.3 Å². The van der Waals surface area contributed by atoms with Gasteiger partial charge < -0.3 is 15.4 Å². The van der Waals surface area contributed by atoms with Gasteiger partial charge in [0.1, 0.15) is 11.6 Å². The van der Waals surface area contributed by atoms with Gasteiger partial charge in [-0.3, -0.25) is 4.79 Å². The third kappa shape index (κ3) is 5.14. The fourth-order valence-electron chi connectivity index (χ4n) is 2.10. The standard InChI is InChI=1S/C17H18ClFN2O2/c1-23-16-5-3-2-4-12(16)8-9-20-17(22)11-21-13-6-7-15(19)14(18)10-13/h2-7,10,21H,8-9,11H2,1H3,(H,20,22). The van der Waals surface area contributed by atoms with Crippen LogP contribution in [-0.2, 0) is 11.2 Å². The molecule has 0 aliphatic carbocycles. The molecule has 0 aromatic heterocycles. The van der Waals surface area contributed by atoms with E-state index in [2.05, 4.69) is 10.6 Å². The van der Waals surface area contributed by atoms with Gasteiger partial charge in [0.25, 0.3) is 0 Å². The molecule has 0 unspecified atom stereocenters. The van der Waals surface area contributed by atoms with E-state index in [1.165, 1.54) is 18.2 Å². The van der Waals surface area contributed by atoms with Crippen molar-refractivity contribution in [2.75, 3.05) is 25.5 Å². The summed E-state index contributed by atoms with van der Waals surface area (Å²) in [6.45, 7) is 0.596. The van der Waals surface area contributed by atoms with E-state index in [-0.39, 0.29) is 17.5 Å². The highest BCUT2D eigenvalue weighted by molar-refractivity contribution is 6.31. The van der Waals surface area contributed by atoms with Gasteiger partial charge >= 0.3 is 0 Å². The minimum absolute atomic E-state index is 0.0200. The number of amides is 1. The second kappa shape index (κ2) is 8.39. The molecule has 2 rings (SSSR count). The number of hydrogen-bond acceptors (Lipinski definition) is 3. The van der Waals surface area contributed by atoms with Crippen molar-refractivity contribution < 1.29 is 13.9 Å². The number of rotatable bonds is 7. The van der Waals surface area contributed by atoms with Gasteiger partial charge in [-0.25, -0.2) is 4.39 Å². The van der Waals surface area contributed by atoms with Gasteiger partial charge in [0, 0.05) is 12.2 Å². The van der Waals surface area contributed by atoms with Crippen LogP contribution in [0.15, 0.2) is 42.5 Å². The Kier molecular flexibility index (Phi) is 6.23. The summed E-state index contributed by atoms with van der Waals surface area (Å²) in [7, 11) is 1.62. The fraction of sp³-hybridized carbons (Fsp3) is 0.235. The lowest BCUT2D eigenvalue weighted by Gasteiger charge is -2.10. The molecule has 4 nitrogen and oxygen atoms in total. The molecule has 0 atom stereocenters. The highest BCUT2D eigenvalue weighted by Crippen LogP contribution is 2.19. The van der Waals surface area contributed by atoms with E-state index >= 15 is 0 Å². The summed E-state index contributed by atoms with van der Waals surface area (Å²) in [5, 5.41) is 5.73. The van der Waals surface area contributed by atoms with Crippen LogP contribution in [0.4, 0.5) is 10.1 Å². The highest BCUT2D eigenvalue weighted by Gasteiger charge is 2.05. The smallest absolute Gasteiger partial charge is 0.239 e. The first-order valence-corrected chi connectivity index (χ1v) is 7.55. The van der Waals surface area contributed by atoms with Crippen molar-refractivity contribution in [3.63, 3.8) is 0 Å². The molecule has 0 heterocycles. The Bertz CT molecular complexity index is 679. The van der Waals surface area contributed by atoms with Crippen LogP contribution in [-0.4, -0.2) is 26.1 Å². The monoisotopic (exact) mass is 336 g/mol. The second-order valence-corrected chi connectivity index (χ2v) is 5.30. The van der Waals surface area contributed by atoms with E-state index < -0.39 is 5.82 Å². The third-order valence-electron chi connectivity index (χ3n) is 3.28. The first-order chi connectivity index (χ1) is 11.1. The van der Waals surface area contributed by atoms with Crippen LogP contribution >= 0.6 is 11.6 Å². The van der Waals surface area contributed by atoms with Crippen LogP contribution in [0.1, 0.15) is 5.56 Å². The maximum absolute atomic E-state index is 13.0. The average Bonchev–Trinajstić information content (AvgIpc) is 2.56. The van der Waals surface area contributed by atoms with Crippen molar-refractivity contribution >= 4 is 23.2 Å². The lowest BCUT2D eigenvalue weighted by atomic mass is 10.1. The number of methoxy groups -OCH3 is 1. The van der Waals surface area contributed by atoms with Crippen molar-refractivity contribution in [1.29, 1.82) is 0 Å². The van der Waals surface area contributed by atoms with Crippen molar-refractivity contribution in [2.24, 2.45) is 0 Å². The van der Waals surface area contributed by atoms with Crippen molar-refractivity contribution in [3.05, 3.63) is 58.9 Å². The Morgan fingerprint density at radius 3 is 2.78 bits per heavy atom. The summed E-state index contributed by atoms with van der Waals surface area (Å²) in [4.78, 5) is 11.8. The minimum Gasteiger partial charge on any atom is -0.496 e. The molecule has 122 valence electrons. The predicted molar refractivity (Wildman–Crippen MR) is 89.6 cm³/mol. The third-order valence-corrected chi connectivity index (χ3v) is 3.57. The topological polar surface area (TPSA) is 50.4 Å². The second-order valence-electron chi connectivity index (χ2n) is 4.89. The van der Waals surface area contributed by atoms with Crippen LogP contribution in [0.25, 0.3) is 0 Å². The zero-order valence-corrected chi connectivity index (χ0v) is 13.5. The summed E-state index contributed by atoms with van der Waals surface area (Å²) in [6.07, 6.45) is 0.679. The number of nitrogens with one attached hydrogen (secondary N) is 2. The van der Waals surface area contributed by atoms with Gasteiger partial charge in [-0.2, -0.15) is 0 Å². The van der Waals surface area contributed by atoms with Crippen LogP contribution in [0.3, 0.4) is 0 Å². The molecule has 0 saturated carbocycles. The van der Waals surface area contributed by atoms with Gasteiger partial charge in [0.05, 0.1) is 18.7 Å². The molecule has 2 N–H and O–H groups in total. The molecule has 6 heteroatoms. The van der Waals surface area contributed by atoms with Crippen LogP contribution in [0, 0.1) is 5.82 Å². The largest absolute Gasteiger partial charge is 0.496 e. The molecule has 2 aromatic rings. The zero-order chi connectivity index (χ0) is 16.7. The lowest BCUT2D eigenvalue weighted by Crippen LogP contribution is -2.31. The van der Waals surface area contributed by atoms with Crippen molar-refractivity contribution in [3.8, 4) is 5.75 Å². The van der Waals surface area contributed by atoms with E-state index in [0.29, 0.717) is 18.7 Å². The van der Waals surface area contributed by atoms with Crippen LogP contribution in [0.5, 0.6) is 5.75 Å². The minimum atomic E-state index is -0.488. The van der Waals surface area contributed by atoms with E-state index in [9.17, 15) is 9.18 Å². The Morgan fingerprint density at radius 1 is 1.26 bits per heavy atom. The van der Waals surface area contributed by atoms with E-state index in [4.69, 9.17) is 16.3 Å². The fourth-order valence-corrected chi connectivity index (χ4v) is 2.28. The molecule has 2 aromatic carbocycles. The zero-order valence-electron chi connectivity index (χ0n) is 12.7. The molecular weight excluding hydrogens is 319 g/mol. The van der Waals surface area contributed by atoms with Gasteiger partial charge in [0.2, 0.25) is 5.91 Å². The average molecular weight is 337 g/mol. The number of anilines is 1. The Labute approximate surface area is 139 Å². The molecule has 0 spiro atoms. The Hall–Kier alpha value is -2.27. The highest BCUT2D eigenvalue weighted by atomic mass is 35.5. The molecule has 0 aliphatic rings. The predicted octanol–water partition coefficient (Wildman–Crippen LogP) is 3.26. The number of para-hydroxylation sites is 1. The molecule has 0 saturated heterocycles. The Morgan fingerprint density at radius 2 is 2.04 bits per heavy atom. The van der Waals surface area contributed by atoms with Gasteiger partial charge in [-0.1, -0.05) is 29.8 Å². The summed E-state index contributed by atoms with van der Waals surface area (Å²) in [6, 6.07) is 11.9. The normalized spacial score (nSPS) is 10.2. The molecule has 23 heavy (non-hydrogen) atoms. The van der Waals surface area contributed by atoms with Crippen molar-refractivity contribution in [1.82, 2.24) is 5.32 Å². The van der Waals surface area contributed by atoms with Crippen LogP contribution < -0.4 is 15.4 Å². The van der Waals surface area contributed by atoms with Crippen LogP contribution in [0.2, 0.25) is 5.02 Å². The summed E-state index contributed by atoms with van der Waals surface area (Å²) < 4.78 is 18.3. The number of halogens is 2. The number of carbonyl (C=O) groups excluding carboxylic acids is 1. The summed E-state index contributed by atoms with van der Waals surface area (Å²) in [5.41, 5.74) is 1.63. The number of carbonyl (C=O) groups is 1. The van der Waals surface area contributed by atoms with Gasteiger partial charge in [-0.15, -0.1) is 0 Å². The molecule has 0 bridgehead atoms. The first kappa shape index (κ1) is 17.1. The lowest BCUT2D eigenvalue weighted by molar-refractivity contribution is -0.119. The summed E-state index contributed by atoms with van der Waals surface area (Å²) in [5.74, 6) is 0.166. The van der Waals surface area contributed by atoms with Gasteiger partial charge in [0.15, 0.2) is 0 Å². The number of ether oxygens (including phenoxy) is 1. The molecular formula is C17H18ClFN2O2. The molecule has 0 aliphatic heterocycles.